The Kier molecular flexibility index (Phi) is 18.9. The van der Waals surface area contributed by atoms with Gasteiger partial charge in [0.25, 0.3) is 11.8 Å². The first kappa shape index (κ1) is 64.6. The van der Waals surface area contributed by atoms with E-state index in [9.17, 15) is 28.8 Å². The molecule has 0 radical (unpaired) electrons. The molecule has 4 saturated carbocycles. The zero-order valence-corrected chi connectivity index (χ0v) is 54.4. The van der Waals surface area contributed by atoms with Crippen LogP contribution in [0.15, 0.2) is 133 Å². The fourth-order valence-electron chi connectivity index (χ4n) is 15.7. The normalized spacial score (nSPS) is 17.3. The van der Waals surface area contributed by atoms with Crippen LogP contribution in [0.1, 0.15) is 170 Å². The smallest absolute Gasteiger partial charge is 0.328 e. The minimum Gasteiger partial charge on any atom is -0.497 e. The quantitative estimate of drug-likeness (QED) is 0.0440. The van der Waals surface area contributed by atoms with Gasteiger partial charge in [0.1, 0.15) is 35.8 Å². The highest BCUT2D eigenvalue weighted by molar-refractivity contribution is 6.11. The highest BCUT2D eigenvalue weighted by Crippen LogP contribution is 2.51. The van der Waals surface area contributed by atoms with Gasteiger partial charge in [0.2, 0.25) is 11.8 Å². The number of hydrogen-bond donors (Lipinski definition) is 6. The maximum Gasteiger partial charge on any atom is 0.328 e. The molecule has 2 aliphatic heterocycles. The lowest BCUT2D eigenvalue weighted by Gasteiger charge is -2.30. The summed E-state index contributed by atoms with van der Waals surface area (Å²) in [5.74, 6) is 0.409. The number of nitrogens with zero attached hydrogens (tertiary/aromatic N) is 2. The molecule has 496 valence electrons. The Morgan fingerprint density at radius 2 is 0.833 bits per heavy atom. The number of amides is 4. The maximum atomic E-state index is 14.2. The average Bonchev–Trinajstić information content (AvgIpc) is 1.57. The van der Waals surface area contributed by atoms with E-state index in [4.69, 9.17) is 29.2 Å². The van der Waals surface area contributed by atoms with Crippen molar-refractivity contribution >= 4 is 80.9 Å². The molecule has 4 amide bonds. The molecule has 2 aromatic heterocycles. The van der Waals surface area contributed by atoms with Crippen LogP contribution in [0, 0.1) is 0 Å². The number of ether oxygens (including phenoxy) is 4. The molecule has 6 aliphatic rings. The first-order valence-corrected chi connectivity index (χ1v) is 34.0. The van der Waals surface area contributed by atoms with Crippen molar-refractivity contribution in [3.8, 4) is 45.5 Å². The van der Waals surface area contributed by atoms with Crippen LogP contribution in [0.4, 0.5) is 11.4 Å². The summed E-state index contributed by atoms with van der Waals surface area (Å²) in [5.41, 5.74) is 10.5. The second-order valence-corrected chi connectivity index (χ2v) is 26.3. The van der Waals surface area contributed by atoms with E-state index in [1.807, 2.05) is 36.4 Å². The van der Waals surface area contributed by atoms with Crippen LogP contribution in [0.25, 0.3) is 56.5 Å². The number of carbonyl (C=O) groups is 6. The number of carboxylic acid groups (broad SMARTS) is 2. The average molecular weight is 1300 g/mol. The molecule has 0 bridgehead atoms. The minimum atomic E-state index is -1.06. The SMILES string of the molecule is COc1ccc(-c2c(C3CCCCC3)c3ccc(C(=O)NC4(C(=O)Nc5ccc(/C=C/C(=O)O)cc5)CCCC4)c4c3n2CCO4)cc1.COc1ccc(-c2c(C3CCCCC3)c3ccc(C(=O)NC4(C(=O)Nc5ccc(/C=C\C(=O)O)cc5)CCCC4)c4c3n2CCO4)cc1. The number of anilines is 2. The molecular weight excluding hydrogens is 1210 g/mol. The molecule has 0 saturated heterocycles. The molecule has 96 heavy (non-hydrogen) atoms. The van der Waals surface area contributed by atoms with Crippen LogP contribution >= 0.6 is 0 Å². The molecule has 4 aliphatic carbocycles. The van der Waals surface area contributed by atoms with Crippen LogP contribution in [0.5, 0.6) is 23.0 Å². The van der Waals surface area contributed by atoms with Crippen LogP contribution in [-0.2, 0) is 32.3 Å². The van der Waals surface area contributed by atoms with Crippen LogP contribution < -0.4 is 40.2 Å². The topological polar surface area (TPSA) is 238 Å². The van der Waals surface area contributed by atoms with E-state index in [1.165, 1.54) is 73.2 Å². The first-order chi connectivity index (χ1) is 46.7. The van der Waals surface area contributed by atoms with Gasteiger partial charge in [0, 0.05) is 34.3 Å². The van der Waals surface area contributed by atoms with Gasteiger partial charge < -0.3 is 59.6 Å². The summed E-state index contributed by atoms with van der Waals surface area (Å²) in [4.78, 5) is 77.7. The van der Waals surface area contributed by atoms with Gasteiger partial charge in [-0.15, -0.1) is 0 Å². The second-order valence-electron chi connectivity index (χ2n) is 26.3. The monoisotopic (exact) mass is 1290 g/mol. The number of methoxy groups -OCH3 is 2. The van der Waals surface area contributed by atoms with Crippen molar-refractivity contribution in [2.24, 2.45) is 0 Å². The summed E-state index contributed by atoms with van der Waals surface area (Å²) in [6, 6.07) is 38.3. The van der Waals surface area contributed by atoms with Crippen molar-refractivity contribution in [3.63, 3.8) is 0 Å². The summed E-state index contributed by atoms with van der Waals surface area (Å²) >= 11 is 0. The third-order valence-corrected chi connectivity index (χ3v) is 20.5. The molecule has 8 aromatic rings. The number of carbonyl (C=O) groups excluding carboxylic acids is 4. The fourth-order valence-corrected chi connectivity index (χ4v) is 15.7. The number of aliphatic carboxylic acids is 2. The first-order valence-electron chi connectivity index (χ1n) is 34.0. The predicted molar refractivity (Wildman–Crippen MR) is 371 cm³/mol. The van der Waals surface area contributed by atoms with Gasteiger partial charge in [-0.3, -0.25) is 19.2 Å². The number of hydrogen-bond acceptors (Lipinski definition) is 10. The Morgan fingerprint density at radius 1 is 0.469 bits per heavy atom. The van der Waals surface area contributed by atoms with Gasteiger partial charge in [-0.25, -0.2) is 9.59 Å². The van der Waals surface area contributed by atoms with Gasteiger partial charge in [-0.2, -0.15) is 0 Å². The number of benzene rings is 6. The number of rotatable bonds is 18. The minimum absolute atomic E-state index is 0.262. The van der Waals surface area contributed by atoms with Crippen LogP contribution in [0.2, 0.25) is 0 Å². The van der Waals surface area contributed by atoms with Gasteiger partial charge in [0.05, 0.1) is 60.9 Å². The third kappa shape index (κ3) is 13.1. The van der Waals surface area contributed by atoms with Crippen molar-refractivity contribution < 1.29 is 57.9 Å². The zero-order valence-electron chi connectivity index (χ0n) is 54.4. The van der Waals surface area contributed by atoms with Crippen molar-refractivity contribution in [2.75, 3.05) is 38.1 Å². The van der Waals surface area contributed by atoms with E-state index >= 15 is 0 Å². The fraction of sp³-hybridized carbons (Fsp3) is 0.359. The molecular formula is C78H82N6O12. The van der Waals surface area contributed by atoms with E-state index < -0.39 is 23.0 Å². The van der Waals surface area contributed by atoms with E-state index in [0.29, 0.717) is 109 Å². The lowest BCUT2D eigenvalue weighted by atomic mass is 9.81. The lowest BCUT2D eigenvalue weighted by Crippen LogP contribution is -2.55. The highest BCUT2D eigenvalue weighted by atomic mass is 16.5. The molecule has 6 N–H and O–H groups in total. The Bertz CT molecular complexity index is 4030. The van der Waals surface area contributed by atoms with Crippen molar-refractivity contribution in [1.29, 1.82) is 0 Å². The molecule has 0 spiro atoms. The Balaban J connectivity index is 0.000000174. The van der Waals surface area contributed by atoms with Gasteiger partial charge in [-0.1, -0.05) is 101 Å². The standard InChI is InChI=1S/2C39H41N3O6/c2*1-47-29-16-12-27(13-17-29)34-33(26-7-3-2-4-8-26)30-18-19-31(36-35(30)42(34)23-24-48-36)37(45)41-39(21-5-6-22-39)38(46)40-28-14-9-25(10-15-28)11-20-32(43)44/h2*9-20,26H,2-8,21-24H2,1H3,(H,40,46)(H,41,45)(H,43,44)/b20-11+;20-11-. The third-order valence-electron chi connectivity index (χ3n) is 20.5. The van der Waals surface area contributed by atoms with Crippen molar-refractivity contribution in [1.82, 2.24) is 19.8 Å². The van der Waals surface area contributed by atoms with Crippen molar-refractivity contribution in [3.05, 3.63) is 167 Å². The second kappa shape index (κ2) is 28.1. The Labute approximate surface area is 558 Å². The van der Waals surface area contributed by atoms with E-state index in [1.54, 1.807) is 62.8 Å². The number of aromatic nitrogens is 2. The maximum absolute atomic E-state index is 14.2. The number of carboxylic acids is 2. The molecule has 4 fully saturated rings. The van der Waals surface area contributed by atoms with Crippen LogP contribution in [-0.4, -0.2) is 93.4 Å². The van der Waals surface area contributed by atoms with E-state index in [2.05, 4.69) is 66.8 Å². The molecule has 18 nitrogen and oxygen atoms in total. The van der Waals surface area contributed by atoms with Crippen molar-refractivity contribution in [2.45, 2.75) is 152 Å². The summed E-state index contributed by atoms with van der Waals surface area (Å²) in [7, 11) is 3.35. The summed E-state index contributed by atoms with van der Waals surface area (Å²) in [5, 5.41) is 32.3. The highest BCUT2D eigenvalue weighted by Gasteiger charge is 2.45. The van der Waals surface area contributed by atoms with E-state index in [0.717, 1.165) is 108 Å². The Hall–Kier alpha value is -10.1. The zero-order chi connectivity index (χ0) is 66.5. The molecule has 0 atom stereocenters. The largest absolute Gasteiger partial charge is 0.497 e. The summed E-state index contributed by atoms with van der Waals surface area (Å²) < 4.78 is 28.2. The molecule has 0 unspecified atom stereocenters. The summed E-state index contributed by atoms with van der Waals surface area (Å²) in [6.07, 6.45) is 22.5. The van der Waals surface area contributed by atoms with Gasteiger partial charge in [-0.05, 0) is 194 Å². The predicted octanol–water partition coefficient (Wildman–Crippen LogP) is 15.1. The molecule has 18 heteroatoms. The Morgan fingerprint density at radius 3 is 1.18 bits per heavy atom. The van der Waals surface area contributed by atoms with Gasteiger partial charge in [0.15, 0.2) is 11.5 Å². The number of nitrogens with one attached hydrogen (secondary N) is 4. The summed E-state index contributed by atoms with van der Waals surface area (Å²) in [6.45, 7) is 2.25. The lowest BCUT2D eigenvalue weighted by molar-refractivity contribution is -0.132. The molecule has 14 rings (SSSR count). The van der Waals surface area contributed by atoms with E-state index in [-0.39, 0.29) is 23.6 Å². The molecule has 4 heterocycles. The molecule has 6 aromatic carbocycles. The van der Waals surface area contributed by atoms with Gasteiger partial charge >= 0.3 is 11.9 Å². The van der Waals surface area contributed by atoms with Crippen LogP contribution in [0.3, 0.4) is 0 Å².